The first-order chi connectivity index (χ1) is 6.52. The number of hydrogen-bond donors (Lipinski definition) is 1. The number of aliphatic imine (C=N–C) groups is 1. The van der Waals surface area contributed by atoms with Crippen LogP contribution in [0.4, 0.5) is 0 Å². The Labute approximate surface area is 85.6 Å². The van der Waals surface area contributed by atoms with E-state index in [4.69, 9.17) is 5.11 Å². The highest BCUT2D eigenvalue weighted by molar-refractivity contribution is 5.93. The van der Waals surface area contributed by atoms with E-state index < -0.39 is 5.97 Å². The van der Waals surface area contributed by atoms with E-state index in [0.29, 0.717) is 5.92 Å². The van der Waals surface area contributed by atoms with Gasteiger partial charge in [0.1, 0.15) is 5.70 Å². The first-order valence-corrected chi connectivity index (χ1v) is 4.97. The third kappa shape index (κ3) is 4.21. The predicted octanol–water partition coefficient (Wildman–Crippen LogP) is 2.87. The molecule has 3 nitrogen and oxygen atoms in total. The van der Waals surface area contributed by atoms with E-state index in [0.717, 1.165) is 18.6 Å². The predicted molar refractivity (Wildman–Crippen MR) is 58.6 cm³/mol. The lowest BCUT2D eigenvalue weighted by Gasteiger charge is -2.09. The largest absolute Gasteiger partial charge is 0.477 e. The molecule has 0 aliphatic rings. The van der Waals surface area contributed by atoms with Gasteiger partial charge in [0.2, 0.25) is 0 Å². The lowest BCUT2D eigenvalue weighted by molar-refractivity contribution is -0.132. The minimum atomic E-state index is -0.962. The quantitative estimate of drug-likeness (QED) is 0.544. The fourth-order valence-electron chi connectivity index (χ4n) is 1.18. The lowest BCUT2D eigenvalue weighted by atomic mass is 10.0. The Morgan fingerprint density at radius 1 is 1.57 bits per heavy atom. The fraction of sp³-hybridized carbons (Fsp3) is 0.636. The molecule has 0 aromatic heterocycles. The summed E-state index contributed by atoms with van der Waals surface area (Å²) in [6.45, 7) is 7.74. The molecular weight excluding hydrogens is 178 g/mol. The molecule has 0 aliphatic heterocycles. The molecule has 0 rings (SSSR count). The molecule has 0 fully saturated rings. The number of rotatable bonds is 5. The molecule has 1 atom stereocenters. The van der Waals surface area contributed by atoms with Gasteiger partial charge in [-0.1, -0.05) is 26.3 Å². The van der Waals surface area contributed by atoms with Crippen LogP contribution in [-0.4, -0.2) is 16.8 Å². The second kappa shape index (κ2) is 6.35. The summed E-state index contributed by atoms with van der Waals surface area (Å²) in [7, 11) is 0. The topological polar surface area (TPSA) is 49.7 Å². The molecule has 0 radical (unpaired) electrons. The minimum absolute atomic E-state index is 0.130. The van der Waals surface area contributed by atoms with Gasteiger partial charge in [-0.25, -0.2) is 4.79 Å². The molecule has 1 unspecified atom stereocenters. The Morgan fingerprint density at radius 3 is 2.50 bits per heavy atom. The van der Waals surface area contributed by atoms with Crippen LogP contribution < -0.4 is 0 Å². The van der Waals surface area contributed by atoms with Crippen molar-refractivity contribution in [3.05, 3.63) is 11.8 Å². The third-order valence-electron chi connectivity index (χ3n) is 2.22. The van der Waals surface area contributed by atoms with Crippen LogP contribution in [-0.2, 0) is 4.79 Å². The van der Waals surface area contributed by atoms with Crippen molar-refractivity contribution in [2.45, 2.75) is 40.5 Å². The number of carboxylic acid groups (broad SMARTS) is 1. The van der Waals surface area contributed by atoms with Crippen molar-refractivity contribution in [3.63, 3.8) is 0 Å². The highest BCUT2D eigenvalue weighted by atomic mass is 16.4. The molecule has 0 saturated carbocycles. The highest BCUT2D eigenvalue weighted by Crippen LogP contribution is 2.10. The van der Waals surface area contributed by atoms with Gasteiger partial charge in [0.05, 0.1) is 0 Å². The maximum atomic E-state index is 10.7. The van der Waals surface area contributed by atoms with Gasteiger partial charge in [-0.2, -0.15) is 0 Å². The summed E-state index contributed by atoms with van der Waals surface area (Å²) in [6.07, 6.45) is 3.66. The number of nitrogens with zero attached hydrogens (tertiary/aromatic N) is 1. The fourth-order valence-corrected chi connectivity index (χ4v) is 1.18. The van der Waals surface area contributed by atoms with Crippen LogP contribution in [0.15, 0.2) is 16.8 Å². The average Bonchev–Trinajstić information content (AvgIpc) is 2.13. The zero-order chi connectivity index (χ0) is 11.1. The van der Waals surface area contributed by atoms with Gasteiger partial charge in [0, 0.05) is 5.71 Å². The summed E-state index contributed by atoms with van der Waals surface area (Å²) in [5.41, 5.74) is 1.02. The molecule has 0 saturated heterocycles. The third-order valence-corrected chi connectivity index (χ3v) is 2.22. The second-order valence-electron chi connectivity index (χ2n) is 3.42. The van der Waals surface area contributed by atoms with Gasteiger partial charge in [-0.05, 0) is 26.2 Å². The number of carbonyl (C=O) groups is 1. The molecule has 0 aromatic rings. The van der Waals surface area contributed by atoms with Crippen molar-refractivity contribution in [2.75, 3.05) is 0 Å². The highest BCUT2D eigenvalue weighted by Gasteiger charge is 2.08. The van der Waals surface area contributed by atoms with Gasteiger partial charge in [-0.15, -0.1) is 0 Å². The SMILES string of the molecule is C/C=C(\N=C(/C)C(C)CCC)C(=O)O. The summed E-state index contributed by atoms with van der Waals surface area (Å²) >= 11 is 0. The summed E-state index contributed by atoms with van der Waals surface area (Å²) in [4.78, 5) is 14.8. The Balaban J connectivity index is 4.56. The molecule has 0 aliphatic carbocycles. The van der Waals surface area contributed by atoms with Crippen LogP contribution in [0.1, 0.15) is 40.5 Å². The molecule has 14 heavy (non-hydrogen) atoms. The van der Waals surface area contributed by atoms with Crippen molar-refractivity contribution in [1.82, 2.24) is 0 Å². The van der Waals surface area contributed by atoms with E-state index >= 15 is 0 Å². The molecule has 0 heterocycles. The average molecular weight is 197 g/mol. The van der Waals surface area contributed by atoms with Crippen molar-refractivity contribution in [1.29, 1.82) is 0 Å². The Kier molecular flexibility index (Phi) is 5.84. The molecule has 3 heteroatoms. The van der Waals surface area contributed by atoms with E-state index in [1.807, 2.05) is 6.92 Å². The first kappa shape index (κ1) is 12.9. The van der Waals surface area contributed by atoms with E-state index in [9.17, 15) is 4.79 Å². The monoisotopic (exact) mass is 197 g/mol. The number of aliphatic carboxylic acids is 1. The smallest absolute Gasteiger partial charge is 0.354 e. The van der Waals surface area contributed by atoms with Gasteiger partial charge >= 0.3 is 5.97 Å². The lowest BCUT2D eigenvalue weighted by Crippen LogP contribution is -2.09. The summed E-state index contributed by atoms with van der Waals surface area (Å²) in [5, 5.41) is 8.76. The van der Waals surface area contributed by atoms with Crippen molar-refractivity contribution >= 4 is 11.7 Å². The van der Waals surface area contributed by atoms with Crippen molar-refractivity contribution in [2.24, 2.45) is 10.9 Å². The molecule has 0 aromatic carbocycles. The zero-order valence-corrected chi connectivity index (χ0v) is 9.37. The van der Waals surface area contributed by atoms with Crippen LogP contribution in [0.5, 0.6) is 0 Å². The van der Waals surface area contributed by atoms with Crippen molar-refractivity contribution in [3.8, 4) is 0 Å². The standard InChI is InChI=1S/C11H19NO2/c1-5-7-8(3)9(4)12-10(6-2)11(13)14/h6,8H,5,7H2,1-4H3,(H,13,14)/b10-6-,12-9+. The van der Waals surface area contributed by atoms with Crippen LogP contribution in [0.3, 0.4) is 0 Å². The van der Waals surface area contributed by atoms with Crippen LogP contribution >= 0.6 is 0 Å². The summed E-state index contributed by atoms with van der Waals surface area (Å²) in [5.74, 6) is -0.607. The second-order valence-corrected chi connectivity index (χ2v) is 3.42. The maximum absolute atomic E-state index is 10.7. The van der Waals surface area contributed by atoms with Gasteiger partial charge in [0.15, 0.2) is 0 Å². The van der Waals surface area contributed by atoms with E-state index in [1.165, 1.54) is 6.08 Å². The minimum Gasteiger partial charge on any atom is -0.477 e. The molecule has 0 spiro atoms. The Bertz CT molecular complexity index is 254. The molecule has 80 valence electrons. The number of allylic oxidation sites excluding steroid dienone is 1. The van der Waals surface area contributed by atoms with Gasteiger partial charge in [0.25, 0.3) is 0 Å². The first-order valence-electron chi connectivity index (χ1n) is 4.97. The van der Waals surface area contributed by atoms with Crippen LogP contribution in [0, 0.1) is 5.92 Å². The molecular formula is C11H19NO2. The number of hydrogen-bond acceptors (Lipinski definition) is 2. The van der Waals surface area contributed by atoms with E-state index in [1.54, 1.807) is 6.92 Å². The molecule has 0 amide bonds. The normalized spacial score (nSPS) is 15.4. The molecule has 0 bridgehead atoms. The van der Waals surface area contributed by atoms with Crippen molar-refractivity contribution < 1.29 is 9.90 Å². The Morgan fingerprint density at radius 2 is 2.14 bits per heavy atom. The van der Waals surface area contributed by atoms with Crippen LogP contribution in [0.2, 0.25) is 0 Å². The summed E-state index contributed by atoms with van der Waals surface area (Å²) < 4.78 is 0. The zero-order valence-electron chi connectivity index (χ0n) is 9.37. The Hall–Kier alpha value is -1.12. The number of carboxylic acids is 1. The van der Waals surface area contributed by atoms with Gasteiger partial charge in [-0.3, -0.25) is 4.99 Å². The van der Waals surface area contributed by atoms with E-state index in [2.05, 4.69) is 18.8 Å². The summed E-state index contributed by atoms with van der Waals surface area (Å²) in [6, 6.07) is 0. The van der Waals surface area contributed by atoms with Gasteiger partial charge < -0.3 is 5.11 Å². The van der Waals surface area contributed by atoms with E-state index in [-0.39, 0.29) is 5.70 Å². The van der Waals surface area contributed by atoms with Crippen LogP contribution in [0.25, 0.3) is 0 Å². The molecule has 1 N–H and O–H groups in total. The maximum Gasteiger partial charge on any atom is 0.354 e.